The van der Waals surface area contributed by atoms with Gasteiger partial charge in [0.2, 0.25) is 5.95 Å². The van der Waals surface area contributed by atoms with E-state index in [2.05, 4.69) is 26.8 Å². The van der Waals surface area contributed by atoms with Gasteiger partial charge >= 0.3 is 5.69 Å². The Balaban J connectivity index is 1.70. The van der Waals surface area contributed by atoms with Gasteiger partial charge in [0.05, 0.1) is 0 Å². The second-order valence-corrected chi connectivity index (χ2v) is 9.09. The summed E-state index contributed by atoms with van der Waals surface area (Å²) in [6.45, 7) is 8.50. The topological polar surface area (TPSA) is 102 Å². The average molecular weight is 430 g/mol. The maximum absolute atomic E-state index is 12.7. The fourth-order valence-electron chi connectivity index (χ4n) is 4.03. The number of aromatic amines is 1. The lowest BCUT2D eigenvalue weighted by Gasteiger charge is -2.32. The molecule has 3 aromatic rings. The van der Waals surface area contributed by atoms with Crippen LogP contribution in [0.1, 0.15) is 31.2 Å². The Morgan fingerprint density at radius 3 is 2.63 bits per heavy atom. The molecule has 1 saturated heterocycles. The summed E-state index contributed by atoms with van der Waals surface area (Å²) in [5.74, 6) is 2.00. The van der Waals surface area contributed by atoms with E-state index in [4.69, 9.17) is 4.98 Å². The molecule has 0 unspecified atom stereocenters. The van der Waals surface area contributed by atoms with E-state index in [0.29, 0.717) is 29.4 Å². The number of H-pyrrole nitrogens is 1. The van der Waals surface area contributed by atoms with Crippen LogP contribution in [0.25, 0.3) is 11.2 Å². The molecule has 1 aliphatic heterocycles. The fraction of sp³-hybridized carbons (Fsp3) is 0.550. The number of anilines is 1. The molecule has 0 radical (unpaired) electrons. The molecule has 0 spiro atoms. The van der Waals surface area contributed by atoms with Gasteiger partial charge in [0.15, 0.2) is 16.3 Å². The van der Waals surface area contributed by atoms with Crippen molar-refractivity contribution in [1.29, 1.82) is 0 Å². The first kappa shape index (κ1) is 20.6. The molecule has 0 saturated carbocycles. The van der Waals surface area contributed by atoms with Crippen molar-refractivity contribution in [2.45, 2.75) is 45.3 Å². The number of piperidine rings is 1. The summed E-state index contributed by atoms with van der Waals surface area (Å²) < 4.78 is 3.35. The number of hydrogen-bond acceptors (Lipinski definition) is 7. The second kappa shape index (κ2) is 8.25. The molecular weight excluding hydrogens is 402 g/mol. The van der Waals surface area contributed by atoms with E-state index < -0.39 is 11.2 Å². The number of hydrogen-bond donors (Lipinski definition) is 1. The highest BCUT2D eigenvalue weighted by Gasteiger charge is 2.24. The number of aromatic nitrogens is 6. The second-order valence-electron chi connectivity index (χ2n) is 8.03. The van der Waals surface area contributed by atoms with Crippen LogP contribution in [0.15, 0.2) is 20.8 Å². The van der Waals surface area contributed by atoms with Crippen molar-refractivity contribution in [3.8, 4) is 0 Å². The number of aryl methyl sites for hydroxylation is 4. The van der Waals surface area contributed by atoms with Crippen LogP contribution >= 0.6 is 11.8 Å². The number of imidazole rings is 1. The van der Waals surface area contributed by atoms with Crippen LogP contribution in [0.3, 0.4) is 0 Å². The molecule has 1 atom stereocenters. The van der Waals surface area contributed by atoms with Gasteiger partial charge < -0.3 is 9.47 Å². The highest BCUT2D eigenvalue weighted by atomic mass is 32.2. The number of nitrogens with one attached hydrogen (secondary N) is 1. The van der Waals surface area contributed by atoms with Crippen LogP contribution in [-0.2, 0) is 13.6 Å². The third-order valence-electron chi connectivity index (χ3n) is 5.43. The van der Waals surface area contributed by atoms with E-state index in [1.54, 1.807) is 18.8 Å². The maximum atomic E-state index is 12.7. The average Bonchev–Trinajstić information content (AvgIpc) is 3.06. The van der Waals surface area contributed by atoms with E-state index in [0.717, 1.165) is 42.0 Å². The molecule has 9 nitrogen and oxygen atoms in total. The van der Waals surface area contributed by atoms with Gasteiger partial charge in [-0.1, -0.05) is 18.7 Å². The summed E-state index contributed by atoms with van der Waals surface area (Å²) >= 11 is 1.55. The Bertz CT molecular complexity index is 1180. The zero-order valence-corrected chi connectivity index (χ0v) is 18.6. The van der Waals surface area contributed by atoms with Crippen molar-refractivity contribution in [3.63, 3.8) is 0 Å². The van der Waals surface area contributed by atoms with Crippen LogP contribution in [-0.4, -0.2) is 47.9 Å². The predicted molar refractivity (Wildman–Crippen MR) is 118 cm³/mol. The zero-order valence-electron chi connectivity index (χ0n) is 17.8. The number of thioether (sulfide) groups is 1. The van der Waals surface area contributed by atoms with Gasteiger partial charge in [0, 0.05) is 43.8 Å². The van der Waals surface area contributed by atoms with E-state index in [9.17, 15) is 9.59 Å². The fourth-order valence-corrected chi connectivity index (χ4v) is 4.91. The first-order valence-corrected chi connectivity index (χ1v) is 11.2. The van der Waals surface area contributed by atoms with Gasteiger partial charge in [-0.3, -0.25) is 14.3 Å². The van der Waals surface area contributed by atoms with Crippen LogP contribution in [0.4, 0.5) is 5.95 Å². The van der Waals surface area contributed by atoms with Gasteiger partial charge in [-0.15, -0.1) is 0 Å². The Labute approximate surface area is 178 Å². The molecule has 1 N–H and O–H groups in total. The minimum absolute atomic E-state index is 0.399. The summed E-state index contributed by atoms with van der Waals surface area (Å²) in [4.78, 5) is 43.1. The molecule has 0 amide bonds. The molecule has 0 bridgehead atoms. The van der Waals surface area contributed by atoms with Gasteiger partial charge in [-0.05, 0) is 38.7 Å². The normalized spacial score (nSPS) is 17.1. The first-order chi connectivity index (χ1) is 14.3. The van der Waals surface area contributed by atoms with Crippen LogP contribution in [0.5, 0.6) is 0 Å². The Hall–Kier alpha value is -2.62. The smallest absolute Gasteiger partial charge is 0.329 e. The summed E-state index contributed by atoms with van der Waals surface area (Å²) in [7, 11) is 1.64. The van der Waals surface area contributed by atoms with Gasteiger partial charge in [0.1, 0.15) is 0 Å². The lowest BCUT2D eigenvalue weighted by atomic mass is 10.0. The van der Waals surface area contributed by atoms with Crippen molar-refractivity contribution < 1.29 is 0 Å². The van der Waals surface area contributed by atoms with Gasteiger partial charge in [0.25, 0.3) is 5.56 Å². The van der Waals surface area contributed by atoms with Crippen LogP contribution in [0, 0.1) is 19.8 Å². The largest absolute Gasteiger partial charge is 0.342 e. The Morgan fingerprint density at radius 2 is 1.93 bits per heavy atom. The molecule has 0 aliphatic carbocycles. The lowest BCUT2D eigenvalue weighted by Crippen LogP contribution is -2.36. The minimum Gasteiger partial charge on any atom is -0.342 e. The molecule has 160 valence electrons. The summed E-state index contributed by atoms with van der Waals surface area (Å²) in [6, 6.07) is 1.95. The van der Waals surface area contributed by atoms with Gasteiger partial charge in [-0.2, -0.15) is 4.98 Å². The van der Waals surface area contributed by atoms with E-state index >= 15 is 0 Å². The van der Waals surface area contributed by atoms with E-state index in [1.165, 1.54) is 11.0 Å². The third kappa shape index (κ3) is 4.00. The summed E-state index contributed by atoms with van der Waals surface area (Å²) in [5, 5.41) is 0.728. The summed E-state index contributed by atoms with van der Waals surface area (Å²) in [5.41, 5.74) is 1.88. The number of fused-ring (bicyclic) bond motifs is 1. The van der Waals surface area contributed by atoms with Gasteiger partial charge in [-0.25, -0.2) is 14.8 Å². The number of nitrogens with zero attached hydrogens (tertiary/aromatic N) is 6. The monoisotopic (exact) mass is 429 g/mol. The molecule has 0 aromatic carbocycles. The molecule has 1 fully saturated rings. The molecule has 3 aromatic heterocycles. The molecular formula is C20H27N7O2S. The maximum Gasteiger partial charge on any atom is 0.329 e. The Kier molecular flexibility index (Phi) is 5.68. The van der Waals surface area contributed by atoms with Crippen molar-refractivity contribution in [3.05, 3.63) is 38.3 Å². The number of rotatable bonds is 5. The predicted octanol–water partition coefficient (Wildman–Crippen LogP) is 1.86. The van der Waals surface area contributed by atoms with Crippen molar-refractivity contribution in [1.82, 2.24) is 29.1 Å². The standard InChI is InChI=1S/C20H27N7O2S/c1-12-6-5-7-26(11-12)19-23-16-15(17(28)24-20(29)25(16)4)27(19)8-9-30-18-21-13(2)10-14(3)22-18/h10,12H,5-9,11H2,1-4H3,(H,24,28,29)/t12-/m0/s1. The van der Waals surface area contributed by atoms with Crippen LogP contribution in [0.2, 0.25) is 0 Å². The first-order valence-electron chi connectivity index (χ1n) is 10.2. The molecule has 4 heterocycles. The van der Waals surface area contributed by atoms with Crippen molar-refractivity contribution in [2.24, 2.45) is 13.0 Å². The minimum atomic E-state index is -0.450. The highest BCUT2D eigenvalue weighted by Crippen LogP contribution is 2.26. The quantitative estimate of drug-likeness (QED) is 0.488. The lowest BCUT2D eigenvalue weighted by molar-refractivity contribution is 0.438. The van der Waals surface area contributed by atoms with Crippen molar-refractivity contribution in [2.75, 3.05) is 23.7 Å². The molecule has 4 rings (SSSR count). The highest BCUT2D eigenvalue weighted by molar-refractivity contribution is 7.99. The van der Waals surface area contributed by atoms with E-state index in [-0.39, 0.29) is 0 Å². The molecule has 1 aliphatic rings. The SMILES string of the molecule is Cc1cc(C)nc(SCCn2c(N3CCC[C@H](C)C3)nc3c2c(=O)[nH]c(=O)n3C)n1. The zero-order chi connectivity index (χ0) is 21.4. The van der Waals surface area contributed by atoms with Crippen LogP contribution < -0.4 is 16.1 Å². The molecule has 10 heteroatoms. The Morgan fingerprint density at radius 1 is 1.20 bits per heavy atom. The summed E-state index contributed by atoms with van der Waals surface area (Å²) in [6.07, 6.45) is 2.28. The van der Waals surface area contributed by atoms with E-state index in [1.807, 2.05) is 24.5 Å². The third-order valence-corrected chi connectivity index (χ3v) is 6.26. The van der Waals surface area contributed by atoms with Crippen molar-refractivity contribution >= 4 is 28.9 Å². The molecule has 30 heavy (non-hydrogen) atoms.